The minimum Gasteiger partial charge on any atom is -0.456 e. The summed E-state index contributed by atoms with van der Waals surface area (Å²) in [4.78, 5) is 39.1. The Morgan fingerprint density at radius 3 is 2.43 bits per heavy atom. The van der Waals surface area contributed by atoms with Crippen LogP contribution in [0.3, 0.4) is 0 Å². The molecular weight excluding hydrogens is 565 g/mol. The fourth-order valence-electron chi connectivity index (χ4n) is 9.41. The summed E-state index contributed by atoms with van der Waals surface area (Å²) in [6.07, 6.45) is -4.01. The highest BCUT2D eigenvalue weighted by atomic mass is 16.6. The molecule has 2 saturated carbocycles. The number of nitrogens with one attached hydrogen (secondary N) is 1. The number of aliphatic hydroxyl groups excluding tert-OH is 2. The van der Waals surface area contributed by atoms with Gasteiger partial charge in [0.25, 0.3) is 7.41 Å². The summed E-state index contributed by atoms with van der Waals surface area (Å²) in [7, 11) is 2.66. The molecule has 0 aromatic heterocycles. The van der Waals surface area contributed by atoms with E-state index in [2.05, 4.69) is 12.2 Å². The van der Waals surface area contributed by atoms with Gasteiger partial charge in [-0.1, -0.05) is 58.0 Å². The third-order valence-electron chi connectivity index (χ3n) is 11.9. The Hall–Kier alpha value is -2.41. The van der Waals surface area contributed by atoms with E-state index in [1.54, 1.807) is 44.4 Å². The molecule has 4 N–H and O–H groups in total. The minimum atomic E-state index is -1.71. The smallest absolute Gasteiger partial charge is 0.337 e. The van der Waals surface area contributed by atoms with Gasteiger partial charge in [-0.25, -0.2) is 4.79 Å². The van der Waals surface area contributed by atoms with Crippen LogP contribution in [0.1, 0.15) is 66.0 Å². The number of carbonyl (C=O) groups is 3. The molecule has 1 saturated heterocycles. The highest BCUT2D eigenvalue weighted by Crippen LogP contribution is 2.67. The highest BCUT2D eigenvalue weighted by molar-refractivity contribution is 6.64. The number of carbonyl (C=O) groups excluding carboxylic acids is 3. The van der Waals surface area contributed by atoms with Crippen molar-refractivity contribution < 1.29 is 43.9 Å². The van der Waals surface area contributed by atoms with Crippen molar-refractivity contribution in [2.45, 2.75) is 96.5 Å². The summed E-state index contributed by atoms with van der Waals surface area (Å²) in [6.45, 7) is 11.6. The Kier molecular flexibility index (Phi) is 8.57. The second-order valence-electron chi connectivity index (χ2n) is 14.2. The number of benzene rings is 1. The Labute approximate surface area is 259 Å². The van der Waals surface area contributed by atoms with Gasteiger partial charge < -0.3 is 39.6 Å². The van der Waals surface area contributed by atoms with Crippen molar-refractivity contribution in [1.82, 2.24) is 5.23 Å². The highest BCUT2D eigenvalue weighted by Gasteiger charge is 2.73. The Bertz CT molecular complexity index is 1340. The molecule has 44 heavy (non-hydrogen) atoms. The number of hydrogen-bond acceptors (Lipinski definition) is 10. The molecule has 239 valence electrons. The summed E-state index contributed by atoms with van der Waals surface area (Å²) in [5, 5.41) is 38.7. The van der Waals surface area contributed by atoms with Gasteiger partial charge in [0.05, 0.1) is 42.1 Å². The van der Waals surface area contributed by atoms with E-state index in [1.165, 1.54) is 0 Å². The predicted molar refractivity (Wildman–Crippen MR) is 162 cm³/mol. The van der Waals surface area contributed by atoms with E-state index in [1.807, 2.05) is 27.7 Å². The number of ketones is 1. The van der Waals surface area contributed by atoms with Gasteiger partial charge in [-0.3, -0.25) is 4.79 Å². The molecule has 3 fully saturated rings. The van der Waals surface area contributed by atoms with Crippen LogP contribution in [-0.4, -0.2) is 90.5 Å². The molecule has 1 aromatic rings. The molecule has 1 aromatic carbocycles. The fraction of sp³-hybridized carbons (Fsp3) is 0.667. The van der Waals surface area contributed by atoms with Crippen molar-refractivity contribution >= 4 is 25.4 Å². The average Bonchev–Trinajstić information content (AvgIpc) is 2.98. The summed E-state index contributed by atoms with van der Waals surface area (Å²) in [6, 6.07) is 7.72. The Morgan fingerprint density at radius 1 is 1.20 bits per heavy atom. The monoisotopic (exact) mass is 610 g/mol. The van der Waals surface area contributed by atoms with Gasteiger partial charge in [-0.15, -0.1) is 0 Å². The van der Waals surface area contributed by atoms with Crippen LogP contribution in [0.2, 0.25) is 0 Å². The minimum absolute atomic E-state index is 0.00834. The lowest BCUT2D eigenvalue weighted by Gasteiger charge is -2.68. The van der Waals surface area contributed by atoms with Crippen molar-refractivity contribution in [2.24, 2.45) is 28.1 Å². The molecule has 11 heteroatoms. The SMILES string of the molecule is CO[C@H]1C[C@H]2OC[C@@]2(C)[C@H]2[C@H](C)[C@]3(O)C[C@H](OC(=O)[C@H](O)[C@@H](N[B]C=O)c4ccccc4)C(C)=C([C@@H](O)C(=O)[C@]12C)C3(C)C. The quantitative estimate of drug-likeness (QED) is 0.149. The molecule has 1 aliphatic heterocycles. The number of fused-ring (bicyclic) bond motifs is 5. The molecule has 2 bridgehead atoms. The van der Waals surface area contributed by atoms with E-state index in [-0.39, 0.29) is 18.3 Å². The van der Waals surface area contributed by atoms with Crippen LogP contribution in [0.25, 0.3) is 0 Å². The van der Waals surface area contributed by atoms with Crippen LogP contribution < -0.4 is 5.23 Å². The maximum absolute atomic E-state index is 14.5. The van der Waals surface area contributed by atoms with Crippen LogP contribution in [0.5, 0.6) is 0 Å². The van der Waals surface area contributed by atoms with Gasteiger partial charge in [0.15, 0.2) is 11.9 Å². The molecule has 0 unspecified atom stereocenters. The topological polar surface area (TPSA) is 152 Å². The third-order valence-corrected chi connectivity index (χ3v) is 11.9. The first-order valence-electron chi connectivity index (χ1n) is 15.4. The maximum atomic E-state index is 14.5. The predicted octanol–water partition coefficient (Wildman–Crippen LogP) is 1.90. The summed E-state index contributed by atoms with van der Waals surface area (Å²) >= 11 is 0. The van der Waals surface area contributed by atoms with Crippen LogP contribution in [0.4, 0.5) is 0 Å². The zero-order chi connectivity index (χ0) is 32.4. The summed E-state index contributed by atoms with van der Waals surface area (Å²) < 4.78 is 17.8. The van der Waals surface area contributed by atoms with E-state index >= 15 is 0 Å². The fourth-order valence-corrected chi connectivity index (χ4v) is 9.41. The zero-order valence-corrected chi connectivity index (χ0v) is 26.6. The number of ether oxygens (including phenoxy) is 3. The van der Waals surface area contributed by atoms with Crippen molar-refractivity contribution in [3.8, 4) is 0 Å². The van der Waals surface area contributed by atoms with Gasteiger partial charge in [-0.05, 0) is 42.4 Å². The molecule has 10 nitrogen and oxygen atoms in total. The second-order valence-corrected chi connectivity index (χ2v) is 14.2. The van der Waals surface area contributed by atoms with Crippen molar-refractivity contribution in [3.63, 3.8) is 0 Å². The number of aliphatic hydroxyl groups is 3. The zero-order valence-electron chi connectivity index (χ0n) is 26.6. The van der Waals surface area contributed by atoms with Gasteiger partial charge in [0.1, 0.15) is 12.2 Å². The number of rotatable bonds is 8. The molecular formula is C33H45BNO9. The number of esters is 1. The molecule has 0 amide bonds. The first kappa shape index (κ1) is 33.0. The Morgan fingerprint density at radius 2 is 1.86 bits per heavy atom. The lowest BCUT2D eigenvalue weighted by atomic mass is 9.40. The second kappa shape index (κ2) is 11.4. The van der Waals surface area contributed by atoms with Gasteiger partial charge in [0.2, 0.25) is 0 Å². The van der Waals surface area contributed by atoms with Gasteiger partial charge >= 0.3 is 5.97 Å². The number of methoxy groups -OCH3 is 1. The lowest BCUT2D eigenvalue weighted by Crippen LogP contribution is -2.75. The summed E-state index contributed by atoms with van der Waals surface area (Å²) in [5.74, 6) is -2.29. The van der Waals surface area contributed by atoms with E-state index in [9.17, 15) is 29.7 Å². The number of hydrogen-bond donors (Lipinski definition) is 4. The van der Waals surface area contributed by atoms with E-state index in [4.69, 9.17) is 14.2 Å². The molecule has 3 aliphatic carbocycles. The molecule has 4 aliphatic rings. The number of Topliss-reactive ketones (excluding diaryl/α,β-unsaturated/α-hetero) is 1. The van der Waals surface area contributed by atoms with E-state index in [0.29, 0.717) is 35.9 Å². The van der Waals surface area contributed by atoms with Crippen LogP contribution >= 0.6 is 0 Å². The largest absolute Gasteiger partial charge is 0.456 e. The van der Waals surface area contributed by atoms with Crippen molar-refractivity contribution in [1.29, 1.82) is 0 Å². The molecule has 5 rings (SSSR count). The van der Waals surface area contributed by atoms with Gasteiger partial charge in [0, 0.05) is 30.8 Å². The summed E-state index contributed by atoms with van der Waals surface area (Å²) in [5.41, 5.74) is -2.85. The van der Waals surface area contributed by atoms with Crippen LogP contribution in [-0.2, 0) is 28.6 Å². The molecule has 1 radical (unpaired) electrons. The molecule has 1 heterocycles. The van der Waals surface area contributed by atoms with Gasteiger partial charge in [-0.2, -0.15) is 0 Å². The van der Waals surface area contributed by atoms with Crippen molar-refractivity contribution in [3.05, 3.63) is 47.0 Å². The van der Waals surface area contributed by atoms with E-state index in [0.717, 1.165) is 7.41 Å². The first-order chi connectivity index (χ1) is 20.6. The van der Waals surface area contributed by atoms with E-state index < -0.39 is 70.1 Å². The maximum Gasteiger partial charge on any atom is 0.337 e. The van der Waals surface area contributed by atoms with Crippen LogP contribution in [0.15, 0.2) is 41.5 Å². The van der Waals surface area contributed by atoms with Crippen molar-refractivity contribution in [2.75, 3.05) is 13.7 Å². The lowest BCUT2D eigenvalue weighted by molar-refractivity contribution is -0.304. The standard InChI is InChI=1S/C33H45BNO9/c1-17-20(44-29(40)26(38)24(35-34-16-36)19-11-9-8-10-12-19)14-33(41)18(2)27-31(5)15-43-21(31)13-22(42-7)32(27,6)28(39)25(37)23(17)30(33,3)4/h8-12,16,18,20-22,24-27,35,37-38,41H,13-15H2,1-7H3/t18-,20-,21+,22-,24-,25+,26+,27+,31+,32+,33+/m0/s1. The van der Waals surface area contributed by atoms with Crippen LogP contribution in [0, 0.1) is 28.1 Å². The molecule has 11 atom stereocenters. The normalized spacial score (nSPS) is 40.7. The molecule has 0 spiro atoms. The first-order valence-corrected chi connectivity index (χ1v) is 15.4. The Balaban J connectivity index is 1.57. The average molecular weight is 611 g/mol. The third kappa shape index (κ3) is 4.57.